The monoisotopic (exact) mass is 320 g/mol. The molecule has 8 atom stereocenters. The minimum atomic E-state index is -0.589. The SMILES string of the molecule is C=C[C@]1(C)C[C@@H](O)[C@@]2(C)C(C)CC[C@]3(CCC(=O)[C@H]32)[C@@H](C)[C@@H]1O. The maximum atomic E-state index is 12.8. The van der Waals surface area contributed by atoms with E-state index in [-0.39, 0.29) is 17.3 Å². The number of ketones is 1. The van der Waals surface area contributed by atoms with Gasteiger partial charge in [0.05, 0.1) is 12.2 Å². The summed E-state index contributed by atoms with van der Waals surface area (Å²) >= 11 is 0. The van der Waals surface area contributed by atoms with Gasteiger partial charge >= 0.3 is 0 Å². The van der Waals surface area contributed by atoms with Crippen molar-refractivity contribution in [2.75, 3.05) is 0 Å². The van der Waals surface area contributed by atoms with E-state index >= 15 is 0 Å². The van der Waals surface area contributed by atoms with Crippen molar-refractivity contribution in [3.05, 3.63) is 12.7 Å². The molecule has 0 aromatic rings. The third-order valence-corrected chi connectivity index (χ3v) is 8.33. The van der Waals surface area contributed by atoms with Crippen LogP contribution < -0.4 is 0 Å². The summed E-state index contributed by atoms with van der Waals surface area (Å²) < 4.78 is 0. The molecular formula is C20H32O3. The van der Waals surface area contributed by atoms with Gasteiger partial charge in [0.2, 0.25) is 0 Å². The van der Waals surface area contributed by atoms with Crippen LogP contribution in [0.25, 0.3) is 0 Å². The number of hydrogen-bond donors (Lipinski definition) is 2. The quantitative estimate of drug-likeness (QED) is 0.729. The molecule has 0 amide bonds. The zero-order valence-electron chi connectivity index (χ0n) is 15.0. The van der Waals surface area contributed by atoms with Gasteiger partial charge in [-0.3, -0.25) is 4.79 Å². The Bertz CT molecular complexity index is 529. The van der Waals surface area contributed by atoms with E-state index in [1.54, 1.807) is 0 Å². The highest BCUT2D eigenvalue weighted by Gasteiger charge is 2.67. The van der Waals surface area contributed by atoms with Crippen LogP contribution in [-0.2, 0) is 4.79 Å². The van der Waals surface area contributed by atoms with Crippen LogP contribution in [0.4, 0.5) is 0 Å². The molecular weight excluding hydrogens is 288 g/mol. The van der Waals surface area contributed by atoms with Crippen LogP contribution in [0.1, 0.15) is 59.8 Å². The Morgan fingerprint density at radius 1 is 1.22 bits per heavy atom. The van der Waals surface area contributed by atoms with Gasteiger partial charge in [0.25, 0.3) is 0 Å². The van der Waals surface area contributed by atoms with Gasteiger partial charge in [-0.2, -0.15) is 0 Å². The molecule has 3 fully saturated rings. The summed E-state index contributed by atoms with van der Waals surface area (Å²) in [6.07, 6.45) is 4.60. The fraction of sp³-hybridized carbons (Fsp3) is 0.850. The van der Waals surface area contributed by atoms with Crippen LogP contribution in [0.2, 0.25) is 0 Å². The normalized spacial score (nSPS) is 56.6. The van der Waals surface area contributed by atoms with E-state index in [0.29, 0.717) is 24.5 Å². The van der Waals surface area contributed by atoms with Crippen molar-refractivity contribution in [2.24, 2.45) is 34.0 Å². The van der Waals surface area contributed by atoms with Gasteiger partial charge in [0.15, 0.2) is 0 Å². The summed E-state index contributed by atoms with van der Waals surface area (Å²) in [4.78, 5) is 12.8. The Balaban J connectivity index is 2.21. The molecule has 2 bridgehead atoms. The van der Waals surface area contributed by atoms with Crippen molar-refractivity contribution in [3.63, 3.8) is 0 Å². The standard InChI is InChI=1S/C20H32O3/c1-6-18(4)11-15(22)19(5)12(2)7-9-20(13(3)17(18)23)10-8-14(21)16(19)20/h6,12-13,15-17,22-23H,1,7-11H2,2-5H3/t12?,13-,15+,16-,17-,18+,19+,20-/m0/s1. The fourth-order valence-corrected chi connectivity index (χ4v) is 6.37. The van der Waals surface area contributed by atoms with Crippen LogP contribution >= 0.6 is 0 Å². The topological polar surface area (TPSA) is 57.5 Å². The van der Waals surface area contributed by atoms with E-state index in [2.05, 4.69) is 27.4 Å². The van der Waals surface area contributed by atoms with E-state index in [4.69, 9.17) is 0 Å². The molecule has 3 aliphatic carbocycles. The van der Waals surface area contributed by atoms with E-state index in [9.17, 15) is 15.0 Å². The number of rotatable bonds is 1. The van der Waals surface area contributed by atoms with Crippen molar-refractivity contribution in [2.45, 2.75) is 72.0 Å². The first-order valence-corrected chi connectivity index (χ1v) is 9.16. The average Bonchev–Trinajstić information content (AvgIpc) is 2.87. The summed E-state index contributed by atoms with van der Waals surface area (Å²) in [6, 6.07) is 0. The molecule has 3 nitrogen and oxygen atoms in total. The number of aliphatic hydroxyl groups excluding tert-OH is 2. The number of aliphatic hydroxyl groups is 2. The summed E-state index contributed by atoms with van der Waals surface area (Å²) in [6.45, 7) is 12.4. The minimum Gasteiger partial charge on any atom is -0.392 e. The van der Waals surface area contributed by atoms with E-state index in [0.717, 1.165) is 19.3 Å². The number of carbonyl (C=O) groups is 1. The van der Waals surface area contributed by atoms with Gasteiger partial charge in [0.1, 0.15) is 5.78 Å². The van der Waals surface area contributed by atoms with Gasteiger partial charge in [-0.1, -0.05) is 33.8 Å². The summed E-state index contributed by atoms with van der Waals surface area (Å²) in [5, 5.41) is 22.3. The summed E-state index contributed by atoms with van der Waals surface area (Å²) in [5.41, 5.74) is -1.07. The lowest BCUT2D eigenvalue weighted by atomic mass is 9.44. The van der Waals surface area contributed by atoms with E-state index < -0.39 is 23.0 Å². The average molecular weight is 320 g/mol. The van der Waals surface area contributed by atoms with Gasteiger partial charge in [-0.15, -0.1) is 6.58 Å². The lowest BCUT2D eigenvalue weighted by molar-refractivity contribution is -0.191. The molecule has 2 N–H and O–H groups in total. The molecule has 0 aromatic carbocycles. The number of carbonyl (C=O) groups excluding carboxylic acids is 1. The largest absolute Gasteiger partial charge is 0.392 e. The highest BCUT2D eigenvalue weighted by Crippen LogP contribution is 2.67. The zero-order valence-corrected chi connectivity index (χ0v) is 15.0. The molecule has 0 radical (unpaired) electrons. The first kappa shape index (κ1) is 17.2. The lowest BCUT2D eigenvalue weighted by Crippen LogP contribution is -2.62. The van der Waals surface area contributed by atoms with Crippen molar-refractivity contribution >= 4 is 5.78 Å². The van der Waals surface area contributed by atoms with Crippen molar-refractivity contribution in [1.82, 2.24) is 0 Å². The second kappa shape index (κ2) is 5.16. The van der Waals surface area contributed by atoms with Crippen LogP contribution in [0, 0.1) is 34.0 Å². The van der Waals surface area contributed by atoms with Crippen LogP contribution in [0.3, 0.4) is 0 Å². The Kier molecular flexibility index (Phi) is 3.85. The van der Waals surface area contributed by atoms with Crippen molar-refractivity contribution in [3.8, 4) is 0 Å². The molecule has 130 valence electrons. The minimum absolute atomic E-state index is 0.0428. The molecule has 3 saturated carbocycles. The van der Waals surface area contributed by atoms with Crippen molar-refractivity contribution < 1.29 is 15.0 Å². The lowest BCUT2D eigenvalue weighted by Gasteiger charge is -2.61. The third kappa shape index (κ3) is 1.99. The molecule has 0 aliphatic heterocycles. The summed E-state index contributed by atoms with van der Waals surface area (Å²) in [7, 11) is 0. The maximum Gasteiger partial charge on any atom is 0.137 e. The molecule has 0 aromatic heterocycles. The Hall–Kier alpha value is -0.670. The fourth-order valence-electron chi connectivity index (χ4n) is 6.37. The van der Waals surface area contributed by atoms with Crippen LogP contribution in [0.5, 0.6) is 0 Å². The Morgan fingerprint density at radius 3 is 2.48 bits per heavy atom. The molecule has 3 rings (SSSR count). The third-order valence-electron chi connectivity index (χ3n) is 8.33. The molecule has 1 unspecified atom stereocenters. The predicted octanol–water partition coefficient (Wildman–Crippen LogP) is 3.34. The predicted molar refractivity (Wildman–Crippen MR) is 90.8 cm³/mol. The van der Waals surface area contributed by atoms with Gasteiger partial charge in [-0.25, -0.2) is 0 Å². The highest BCUT2D eigenvalue weighted by molar-refractivity contribution is 5.85. The first-order chi connectivity index (χ1) is 10.6. The molecule has 3 aliphatic rings. The zero-order chi connectivity index (χ0) is 17.2. The van der Waals surface area contributed by atoms with Gasteiger partial charge < -0.3 is 10.2 Å². The highest BCUT2D eigenvalue weighted by atomic mass is 16.3. The van der Waals surface area contributed by atoms with Crippen LogP contribution in [0.15, 0.2) is 12.7 Å². The second-order valence-electron chi connectivity index (χ2n) is 9.10. The Labute approximate surface area is 140 Å². The van der Waals surface area contributed by atoms with Crippen LogP contribution in [-0.4, -0.2) is 28.2 Å². The number of hydrogen-bond acceptors (Lipinski definition) is 3. The summed E-state index contributed by atoms with van der Waals surface area (Å²) in [5.74, 6) is 0.544. The molecule has 23 heavy (non-hydrogen) atoms. The molecule has 0 spiro atoms. The van der Waals surface area contributed by atoms with Gasteiger partial charge in [0, 0.05) is 23.2 Å². The van der Waals surface area contributed by atoms with Crippen molar-refractivity contribution in [1.29, 1.82) is 0 Å². The number of Topliss-reactive ketones (excluding diaryl/α,β-unsaturated/α-hetero) is 1. The molecule has 0 heterocycles. The second-order valence-corrected chi connectivity index (χ2v) is 9.10. The van der Waals surface area contributed by atoms with Gasteiger partial charge in [-0.05, 0) is 42.9 Å². The Morgan fingerprint density at radius 2 is 1.87 bits per heavy atom. The first-order valence-electron chi connectivity index (χ1n) is 9.16. The maximum absolute atomic E-state index is 12.8. The van der Waals surface area contributed by atoms with E-state index in [1.165, 1.54) is 0 Å². The molecule has 3 heteroatoms. The van der Waals surface area contributed by atoms with E-state index in [1.807, 2.05) is 13.0 Å². The molecule has 0 saturated heterocycles. The smallest absolute Gasteiger partial charge is 0.137 e.